The molecule has 2 rings (SSSR count). The van der Waals surface area contributed by atoms with Crippen molar-refractivity contribution in [1.82, 2.24) is 5.32 Å². The van der Waals surface area contributed by atoms with Crippen LogP contribution >= 0.6 is 12.6 Å². The molecule has 98 valence electrons. The molecule has 2 N–H and O–H groups in total. The number of hydrogen-bond acceptors (Lipinski definition) is 3. The fourth-order valence-corrected chi connectivity index (χ4v) is 2.56. The van der Waals surface area contributed by atoms with E-state index in [1.165, 1.54) is 0 Å². The van der Waals surface area contributed by atoms with Crippen molar-refractivity contribution >= 4 is 18.5 Å². The van der Waals surface area contributed by atoms with Crippen LogP contribution in [0.3, 0.4) is 0 Å². The monoisotopic (exact) mass is 265 g/mol. The Hall–Kier alpha value is -1.00. The Morgan fingerprint density at radius 2 is 2.06 bits per heavy atom. The molecule has 1 amide bonds. The SMILES string of the molecule is O=C(NCC1CCC(O)CC1)c1cccc(S)c1. The Morgan fingerprint density at radius 3 is 2.72 bits per heavy atom. The van der Waals surface area contributed by atoms with Crippen LogP contribution in [0.4, 0.5) is 0 Å². The van der Waals surface area contributed by atoms with Gasteiger partial charge in [-0.15, -0.1) is 12.6 Å². The molecule has 1 aromatic carbocycles. The van der Waals surface area contributed by atoms with Gasteiger partial charge in [0.2, 0.25) is 0 Å². The first-order valence-corrected chi connectivity index (χ1v) is 6.85. The van der Waals surface area contributed by atoms with Crippen molar-refractivity contribution in [2.45, 2.75) is 36.7 Å². The molecule has 4 heteroatoms. The number of hydrogen-bond donors (Lipinski definition) is 3. The highest BCUT2D eigenvalue weighted by molar-refractivity contribution is 7.80. The number of rotatable bonds is 3. The molecular formula is C14H19NO2S. The standard InChI is InChI=1S/C14H19NO2S/c16-12-6-4-10(5-7-12)9-15-14(17)11-2-1-3-13(18)8-11/h1-3,8,10,12,16,18H,4-7,9H2,(H,15,17). The fourth-order valence-electron chi connectivity index (χ4n) is 2.34. The van der Waals surface area contributed by atoms with Crippen molar-refractivity contribution in [3.05, 3.63) is 29.8 Å². The van der Waals surface area contributed by atoms with Gasteiger partial charge in [-0.3, -0.25) is 4.79 Å². The molecule has 0 aliphatic heterocycles. The van der Waals surface area contributed by atoms with E-state index in [4.69, 9.17) is 0 Å². The number of carbonyl (C=O) groups is 1. The third-order valence-corrected chi connectivity index (χ3v) is 3.75. The summed E-state index contributed by atoms with van der Waals surface area (Å²) in [7, 11) is 0. The zero-order chi connectivity index (χ0) is 13.0. The van der Waals surface area contributed by atoms with Gasteiger partial charge in [-0.05, 0) is 49.8 Å². The highest BCUT2D eigenvalue weighted by Gasteiger charge is 2.19. The third kappa shape index (κ3) is 3.75. The van der Waals surface area contributed by atoms with Crippen LogP contribution in [0.1, 0.15) is 36.0 Å². The van der Waals surface area contributed by atoms with Crippen LogP contribution in [-0.2, 0) is 0 Å². The average Bonchev–Trinajstić information content (AvgIpc) is 2.38. The third-order valence-electron chi connectivity index (χ3n) is 3.48. The van der Waals surface area contributed by atoms with Gasteiger partial charge in [-0.1, -0.05) is 6.07 Å². The van der Waals surface area contributed by atoms with E-state index >= 15 is 0 Å². The minimum atomic E-state index is -0.141. The summed E-state index contributed by atoms with van der Waals surface area (Å²) in [4.78, 5) is 12.7. The first-order valence-electron chi connectivity index (χ1n) is 6.40. The summed E-state index contributed by atoms with van der Waals surface area (Å²) in [5.41, 5.74) is 0.651. The number of carbonyl (C=O) groups excluding carboxylic acids is 1. The van der Waals surface area contributed by atoms with Gasteiger partial charge in [0.25, 0.3) is 5.91 Å². The van der Waals surface area contributed by atoms with Crippen molar-refractivity contribution in [2.24, 2.45) is 5.92 Å². The molecule has 1 fully saturated rings. The maximum atomic E-state index is 11.9. The van der Waals surface area contributed by atoms with E-state index in [1.54, 1.807) is 12.1 Å². The minimum absolute atomic E-state index is 0.0444. The van der Waals surface area contributed by atoms with Gasteiger partial charge in [0.15, 0.2) is 0 Å². The number of benzene rings is 1. The molecule has 0 spiro atoms. The molecule has 1 aliphatic carbocycles. The molecule has 3 nitrogen and oxygen atoms in total. The molecule has 0 aromatic heterocycles. The van der Waals surface area contributed by atoms with Gasteiger partial charge in [-0.2, -0.15) is 0 Å². The lowest BCUT2D eigenvalue weighted by Gasteiger charge is -2.25. The molecule has 0 bridgehead atoms. The van der Waals surface area contributed by atoms with E-state index in [2.05, 4.69) is 17.9 Å². The van der Waals surface area contributed by atoms with E-state index in [1.807, 2.05) is 12.1 Å². The minimum Gasteiger partial charge on any atom is -0.393 e. The number of aliphatic hydroxyl groups excluding tert-OH is 1. The second kappa shape index (κ2) is 6.25. The summed E-state index contributed by atoms with van der Waals surface area (Å²) in [5, 5.41) is 12.4. The zero-order valence-corrected chi connectivity index (χ0v) is 11.2. The maximum Gasteiger partial charge on any atom is 0.251 e. The Kier molecular flexibility index (Phi) is 4.66. The maximum absolute atomic E-state index is 11.9. The van der Waals surface area contributed by atoms with Crippen molar-refractivity contribution in [2.75, 3.05) is 6.54 Å². The number of thiol groups is 1. The van der Waals surface area contributed by atoms with Crippen LogP contribution in [-0.4, -0.2) is 23.7 Å². The van der Waals surface area contributed by atoms with E-state index in [0.717, 1.165) is 30.6 Å². The van der Waals surface area contributed by atoms with Crippen molar-refractivity contribution in [1.29, 1.82) is 0 Å². The van der Waals surface area contributed by atoms with Crippen LogP contribution in [0.5, 0.6) is 0 Å². The lowest BCUT2D eigenvalue weighted by atomic mass is 9.87. The lowest BCUT2D eigenvalue weighted by molar-refractivity contribution is 0.0910. The Labute approximate surface area is 113 Å². The normalized spacial score (nSPS) is 23.7. The second-order valence-electron chi connectivity index (χ2n) is 4.93. The summed E-state index contributed by atoms with van der Waals surface area (Å²) in [5.74, 6) is 0.452. The van der Waals surface area contributed by atoms with Crippen molar-refractivity contribution in [3.8, 4) is 0 Å². The first kappa shape index (κ1) is 13.4. The first-order chi connectivity index (χ1) is 8.65. The molecule has 0 unspecified atom stereocenters. The predicted octanol–water partition coefficient (Wildman–Crippen LogP) is 2.26. The summed E-state index contributed by atoms with van der Waals surface area (Å²) < 4.78 is 0. The fraction of sp³-hybridized carbons (Fsp3) is 0.500. The van der Waals surface area contributed by atoms with Crippen LogP contribution in [0, 0.1) is 5.92 Å². The van der Waals surface area contributed by atoms with Crippen LogP contribution in [0.25, 0.3) is 0 Å². The molecule has 18 heavy (non-hydrogen) atoms. The molecule has 0 saturated heterocycles. The number of aliphatic hydroxyl groups is 1. The number of amides is 1. The van der Waals surface area contributed by atoms with E-state index in [9.17, 15) is 9.90 Å². The zero-order valence-electron chi connectivity index (χ0n) is 10.3. The average molecular weight is 265 g/mol. The van der Waals surface area contributed by atoms with Gasteiger partial charge in [-0.25, -0.2) is 0 Å². The van der Waals surface area contributed by atoms with Gasteiger partial charge in [0, 0.05) is 17.0 Å². The molecule has 0 heterocycles. The van der Waals surface area contributed by atoms with Crippen molar-refractivity contribution in [3.63, 3.8) is 0 Å². The molecule has 1 saturated carbocycles. The largest absolute Gasteiger partial charge is 0.393 e. The summed E-state index contributed by atoms with van der Waals surface area (Å²) in [6, 6.07) is 7.24. The molecular weight excluding hydrogens is 246 g/mol. The van der Waals surface area contributed by atoms with E-state index in [-0.39, 0.29) is 12.0 Å². The van der Waals surface area contributed by atoms with Gasteiger partial charge < -0.3 is 10.4 Å². The van der Waals surface area contributed by atoms with E-state index < -0.39 is 0 Å². The molecule has 1 aliphatic rings. The molecule has 0 atom stereocenters. The second-order valence-corrected chi connectivity index (χ2v) is 5.45. The summed E-state index contributed by atoms with van der Waals surface area (Å²) in [6.07, 6.45) is 3.55. The highest BCUT2D eigenvalue weighted by Crippen LogP contribution is 2.23. The Morgan fingerprint density at radius 1 is 1.33 bits per heavy atom. The topological polar surface area (TPSA) is 49.3 Å². The van der Waals surface area contributed by atoms with Crippen LogP contribution < -0.4 is 5.32 Å². The summed E-state index contributed by atoms with van der Waals surface area (Å²) in [6.45, 7) is 0.697. The smallest absolute Gasteiger partial charge is 0.251 e. The van der Waals surface area contributed by atoms with Gasteiger partial charge in [0.1, 0.15) is 0 Å². The quantitative estimate of drug-likeness (QED) is 0.734. The van der Waals surface area contributed by atoms with Crippen LogP contribution in [0.15, 0.2) is 29.2 Å². The summed E-state index contributed by atoms with van der Waals surface area (Å²) >= 11 is 4.22. The number of nitrogens with one attached hydrogen (secondary N) is 1. The predicted molar refractivity (Wildman–Crippen MR) is 74.0 cm³/mol. The molecule has 1 aromatic rings. The molecule has 0 radical (unpaired) electrons. The van der Waals surface area contributed by atoms with Gasteiger partial charge >= 0.3 is 0 Å². The van der Waals surface area contributed by atoms with Crippen LogP contribution in [0.2, 0.25) is 0 Å². The van der Waals surface area contributed by atoms with Crippen molar-refractivity contribution < 1.29 is 9.90 Å². The lowest BCUT2D eigenvalue weighted by Crippen LogP contribution is -2.32. The highest BCUT2D eigenvalue weighted by atomic mass is 32.1. The van der Waals surface area contributed by atoms with Gasteiger partial charge in [0.05, 0.1) is 6.10 Å². The van der Waals surface area contributed by atoms with E-state index in [0.29, 0.717) is 18.0 Å². The Bertz CT molecular complexity index is 414. The Balaban J connectivity index is 1.81.